The summed E-state index contributed by atoms with van der Waals surface area (Å²) in [6.45, 7) is 13.9. The number of carbonyl (C=O) groups is 1. The van der Waals surface area contributed by atoms with E-state index in [1.54, 1.807) is 7.05 Å². The normalized spacial score (nSPS) is 11.6. The van der Waals surface area contributed by atoms with Gasteiger partial charge in [-0.2, -0.15) is 0 Å². The second-order valence-electron chi connectivity index (χ2n) is 6.11. The number of halogens is 1. The number of ether oxygens (including phenoxy) is 1. The summed E-state index contributed by atoms with van der Waals surface area (Å²) in [7, 11) is 1.76. The van der Waals surface area contributed by atoms with Gasteiger partial charge in [-0.1, -0.05) is 0 Å². The molecule has 0 aromatic carbocycles. The maximum atomic E-state index is 11.2. The first kappa shape index (κ1) is 25.7. The molecule has 2 N–H and O–H groups in total. The largest absolute Gasteiger partial charge is 0.466 e. The van der Waals surface area contributed by atoms with Gasteiger partial charge in [0, 0.05) is 45.2 Å². The molecule has 0 aliphatic heterocycles. The third kappa shape index (κ3) is 12.8. The fraction of sp³-hybridized carbons (Fsp3) is 0.882. The van der Waals surface area contributed by atoms with Gasteiger partial charge in [0.05, 0.1) is 6.61 Å². The van der Waals surface area contributed by atoms with Crippen LogP contribution in [0.3, 0.4) is 0 Å². The van der Waals surface area contributed by atoms with Gasteiger partial charge in [0.1, 0.15) is 0 Å². The molecule has 0 atom stereocenters. The molecule has 0 amide bonds. The van der Waals surface area contributed by atoms with Crippen molar-refractivity contribution in [3.05, 3.63) is 0 Å². The van der Waals surface area contributed by atoms with Crippen molar-refractivity contribution in [1.82, 2.24) is 15.5 Å². The minimum Gasteiger partial charge on any atom is -0.466 e. The zero-order chi connectivity index (χ0) is 17.7. The Labute approximate surface area is 165 Å². The molecule has 7 heteroatoms. The molecule has 0 spiro atoms. The molecular weight excluding hydrogens is 419 g/mol. The Morgan fingerprint density at radius 3 is 2.08 bits per heavy atom. The van der Waals surface area contributed by atoms with Crippen LogP contribution in [0.2, 0.25) is 0 Å². The van der Waals surface area contributed by atoms with E-state index in [1.165, 1.54) is 0 Å². The van der Waals surface area contributed by atoms with Gasteiger partial charge in [0.15, 0.2) is 5.96 Å². The molecule has 0 bridgehead atoms. The molecule has 0 aliphatic rings. The Morgan fingerprint density at radius 2 is 1.62 bits per heavy atom. The smallest absolute Gasteiger partial charge is 0.305 e. The highest BCUT2D eigenvalue weighted by atomic mass is 127. The highest BCUT2D eigenvalue weighted by Crippen LogP contribution is 2.05. The SMILES string of the molecule is CCOC(=O)CCCNC(=NC)NCCCN(C(C)C)C(C)C.I. The summed E-state index contributed by atoms with van der Waals surface area (Å²) in [4.78, 5) is 17.9. The zero-order valence-electron chi connectivity index (χ0n) is 16.2. The number of nitrogens with one attached hydrogen (secondary N) is 2. The van der Waals surface area contributed by atoms with Gasteiger partial charge < -0.3 is 15.4 Å². The zero-order valence-corrected chi connectivity index (χ0v) is 18.6. The number of esters is 1. The molecule has 6 nitrogen and oxygen atoms in total. The molecule has 0 saturated carbocycles. The van der Waals surface area contributed by atoms with Gasteiger partial charge in [-0.15, -0.1) is 24.0 Å². The van der Waals surface area contributed by atoms with Crippen molar-refractivity contribution in [2.75, 3.05) is 33.3 Å². The number of guanidine groups is 1. The van der Waals surface area contributed by atoms with Crippen LogP contribution in [0.4, 0.5) is 0 Å². The van der Waals surface area contributed by atoms with Crippen LogP contribution in [-0.2, 0) is 9.53 Å². The fourth-order valence-electron chi connectivity index (χ4n) is 2.47. The lowest BCUT2D eigenvalue weighted by atomic mass is 10.2. The van der Waals surface area contributed by atoms with Crippen molar-refractivity contribution in [2.45, 2.75) is 66.0 Å². The van der Waals surface area contributed by atoms with Gasteiger partial charge in [0.2, 0.25) is 0 Å². The second-order valence-corrected chi connectivity index (χ2v) is 6.11. The summed E-state index contributed by atoms with van der Waals surface area (Å²) in [5.41, 5.74) is 0. The van der Waals surface area contributed by atoms with Crippen LogP contribution < -0.4 is 10.6 Å². The van der Waals surface area contributed by atoms with Crippen LogP contribution in [0.15, 0.2) is 4.99 Å². The first-order valence-corrected chi connectivity index (χ1v) is 8.78. The minimum absolute atomic E-state index is 0. The predicted molar refractivity (Wildman–Crippen MR) is 112 cm³/mol. The maximum absolute atomic E-state index is 11.2. The van der Waals surface area contributed by atoms with E-state index in [9.17, 15) is 4.79 Å². The number of aliphatic imine (C=N–C) groups is 1. The van der Waals surface area contributed by atoms with Crippen LogP contribution >= 0.6 is 24.0 Å². The average molecular weight is 456 g/mol. The lowest BCUT2D eigenvalue weighted by Gasteiger charge is -2.30. The van der Waals surface area contributed by atoms with Crippen molar-refractivity contribution in [1.29, 1.82) is 0 Å². The fourth-order valence-corrected chi connectivity index (χ4v) is 2.47. The predicted octanol–water partition coefficient (Wildman–Crippen LogP) is 2.62. The summed E-state index contributed by atoms with van der Waals surface area (Å²) >= 11 is 0. The summed E-state index contributed by atoms with van der Waals surface area (Å²) in [5, 5.41) is 6.53. The maximum Gasteiger partial charge on any atom is 0.305 e. The standard InChI is InChI=1S/C17H36N4O2.HI/c1-7-23-16(22)10-8-11-19-17(18-6)20-12-9-13-21(14(2)3)15(4)5;/h14-15H,7-13H2,1-6H3,(H2,18,19,20);1H. The van der Waals surface area contributed by atoms with Gasteiger partial charge in [-0.25, -0.2) is 0 Å². The van der Waals surface area contributed by atoms with Crippen molar-refractivity contribution >= 4 is 35.9 Å². The first-order chi connectivity index (χ1) is 10.9. The van der Waals surface area contributed by atoms with Crippen LogP contribution in [0.1, 0.15) is 53.9 Å². The van der Waals surface area contributed by atoms with Crippen molar-refractivity contribution in [2.24, 2.45) is 4.99 Å². The van der Waals surface area contributed by atoms with Crippen molar-refractivity contribution in [3.63, 3.8) is 0 Å². The molecule has 0 radical (unpaired) electrons. The van der Waals surface area contributed by atoms with Gasteiger partial charge >= 0.3 is 5.97 Å². The van der Waals surface area contributed by atoms with E-state index < -0.39 is 0 Å². The summed E-state index contributed by atoms with van der Waals surface area (Å²) < 4.78 is 4.90. The summed E-state index contributed by atoms with van der Waals surface area (Å²) in [5.74, 6) is 0.647. The third-order valence-corrected chi connectivity index (χ3v) is 3.59. The molecular formula is C17H37IN4O2. The van der Waals surface area contributed by atoms with E-state index in [4.69, 9.17) is 4.74 Å². The Kier molecular flexibility index (Phi) is 17.0. The van der Waals surface area contributed by atoms with Crippen molar-refractivity contribution < 1.29 is 9.53 Å². The van der Waals surface area contributed by atoms with Gasteiger partial charge in [-0.05, 0) is 47.5 Å². The number of nitrogens with zero attached hydrogens (tertiary/aromatic N) is 2. The minimum atomic E-state index is -0.139. The van der Waals surface area contributed by atoms with Crippen LogP contribution in [0.5, 0.6) is 0 Å². The van der Waals surface area contributed by atoms with E-state index in [2.05, 4.69) is 48.2 Å². The molecule has 24 heavy (non-hydrogen) atoms. The van der Waals surface area contributed by atoms with Crippen molar-refractivity contribution in [3.8, 4) is 0 Å². The number of rotatable bonds is 11. The quantitative estimate of drug-likeness (QED) is 0.165. The van der Waals surface area contributed by atoms with Crippen LogP contribution in [-0.4, -0.2) is 62.2 Å². The molecule has 0 aromatic rings. The van der Waals surface area contributed by atoms with Gasteiger partial charge in [-0.3, -0.25) is 14.7 Å². The molecule has 0 rings (SSSR count). The summed E-state index contributed by atoms with van der Waals surface area (Å²) in [6.07, 6.45) is 2.25. The Hall–Kier alpha value is -0.570. The Bertz CT molecular complexity index is 341. The highest BCUT2D eigenvalue weighted by molar-refractivity contribution is 14.0. The number of carbonyl (C=O) groups excluding carboxylic acids is 1. The Morgan fingerprint density at radius 1 is 1.08 bits per heavy atom. The number of hydrogen-bond donors (Lipinski definition) is 2. The topological polar surface area (TPSA) is 66.0 Å². The lowest BCUT2D eigenvalue weighted by Crippen LogP contribution is -2.41. The number of hydrogen-bond acceptors (Lipinski definition) is 4. The van der Waals surface area contributed by atoms with E-state index in [0.717, 1.165) is 31.9 Å². The van der Waals surface area contributed by atoms with E-state index >= 15 is 0 Å². The van der Waals surface area contributed by atoms with E-state index in [0.29, 0.717) is 31.7 Å². The first-order valence-electron chi connectivity index (χ1n) is 8.78. The van der Waals surface area contributed by atoms with Gasteiger partial charge in [0.25, 0.3) is 0 Å². The molecule has 0 fully saturated rings. The molecule has 0 aliphatic carbocycles. The molecule has 0 unspecified atom stereocenters. The molecule has 0 heterocycles. The third-order valence-electron chi connectivity index (χ3n) is 3.59. The van der Waals surface area contributed by atoms with Crippen LogP contribution in [0.25, 0.3) is 0 Å². The lowest BCUT2D eigenvalue weighted by molar-refractivity contribution is -0.143. The van der Waals surface area contributed by atoms with E-state index in [1.807, 2.05) is 6.92 Å². The monoisotopic (exact) mass is 456 g/mol. The Balaban J connectivity index is 0. The molecule has 144 valence electrons. The molecule has 0 aromatic heterocycles. The average Bonchev–Trinajstić information content (AvgIpc) is 2.48. The van der Waals surface area contributed by atoms with E-state index in [-0.39, 0.29) is 29.9 Å². The second kappa shape index (κ2) is 15.9. The van der Waals surface area contributed by atoms with Crippen LogP contribution in [0, 0.1) is 0 Å². The molecule has 0 saturated heterocycles. The highest BCUT2D eigenvalue weighted by Gasteiger charge is 2.12. The summed E-state index contributed by atoms with van der Waals surface area (Å²) in [6, 6.07) is 1.13.